The molecule has 2 aromatic carbocycles. The van der Waals surface area contributed by atoms with E-state index in [1.54, 1.807) is 36.7 Å². The van der Waals surface area contributed by atoms with Crippen LogP contribution in [0.2, 0.25) is 0 Å². The van der Waals surface area contributed by atoms with Gasteiger partial charge in [0.25, 0.3) is 5.91 Å². The molecule has 0 saturated heterocycles. The number of pyridine rings is 1. The van der Waals surface area contributed by atoms with E-state index in [1.165, 1.54) is 0 Å². The molecule has 0 radical (unpaired) electrons. The summed E-state index contributed by atoms with van der Waals surface area (Å²) in [5.41, 5.74) is 3.47. The number of hydrogen-bond donors (Lipinski definition) is 2. The van der Waals surface area contributed by atoms with Crippen LogP contribution in [0.25, 0.3) is 11.1 Å². The first-order valence-electron chi connectivity index (χ1n) is 10.6. The first-order valence-corrected chi connectivity index (χ1v) is 12.6. The summed E-state index contributed by atoms with van der Waals surface area (Å²) in [6.07, 6.45) is 4.05. The summed E-state index contributed by atoms with van der Waals surface area (Å²) in [5, 5.41) is 12.0. The van der Waals surface area contributed by atoms with Crippen LogP contribution >= 0.6 is 0 Å². The molecule has 0 aliphatic carbocycles. The zero-order valence-electron chi connectivity index (χ0n) is 18.9. The number of sulfone groups is 1. The number of hydrogen-bond acceptors (Lipinski definition) is 6. The molecule has 1 aromatic heterocycles. The number of carbonyl (C=O) groups excluding carboxylic acids is 1. The fourth-order valence-electron chi connectivity index (χ4n) is 3.40. The van der Waals surface area contributed by atoms with Crippen LogP contribution in [0.5, 0.6) is 5.75 Å². The number of carboxylic acid groups (broad SMARTS) is 1. The molecule has 8 nitrogen and oxygen atoms in total. The Morgan fingerprint density at radius 2 is 1.85 bits per heavy atom. The Labute approximate surface area is 198 Å². The molecule has 0 aliphatic rings. The Morgan fingerprint density at radius 3 is 2.50 bits per heavy atom. The molecule has 178 valence electrons. The second kappa shape index (κ2) is 10.9. The Balaban J connectivity index is 1.91. The first kappa shape index (κ1) is 24.9. The van der Waals surface area contributed by atoms with Crippen LogP contribution in [0, 0.1) is 6.92 Å². The minimum absolute atomic E-state index is 0.226. The van der Waals surface area contributed by atoms with Gasteiger partial charge in [0.15, 0.2) is 0 Å². The lowest BCUT2D eigenvalue weighted by Gasteiger charge is -2.18. The van der Waals surface area contributed by atoms with E-state index in [-0.39, 0.29) is 24.3 Å². The van der Waals surface area contributed by atoms with Gasteiger partial charge < -0.3 is 15.2 Å². The minimum atomic E-state index is -3.38. The van der Waals surface area contributed by atoms with Gasteiger partial charge in [0.2, 0.25) is 0 Å². The normalized spacial score (nSPS) is 12.1. The lowest BCUT2D eigenvalue weighted by Crippen LogP contribution is -2.42. The molecule has 0 spiro atoms. The fourth-order valence-corrected chi connectivity index (χ4v) is 4.07. The highest BCUT2D eigenvalue weighted by molar-refractivity contribution is 7.90. The van der Waals surface area contributed by atoms with Crippen LogP contribution in [0.3, 0.4) is 0 Å². The third-order valence-corrected chi connectivity index (χ3v) is 6.16. The topological polar surface area (TPSA) is 123 Å². The van der Waals surface area contributed by atoms with Gasteiger partial charge in [0.1, 0.15) is 28.2 Å². The van der Waals surface area contributed by atoms with E-state index in [4.69, 9.17) is 4.74 Å². The third kappa shape index (κ3) is 6.89. The number of carboxylic acids is 1. The Morgan fingerprint density at radius 1 is 1.09 bits per heavy atom. The molecule has 0 bridgehead atoms. The molecular weight excluding hydrogens is 456 g/mol. The highest BCUT2D eigenvalue weighted by atomic mass is 32.2. The van der Waals surface area contributed by atoms with Crippen molar-refractivity contribution in [2.45, 2.75) is 26.0 Å². The van der Waals surface area contributed by atoms with Gasteiger partial charge >= 0.3 is 5.97 Å². The second-order valence-corrected chi connectivity index (χ2v) is 10.2. The summed E-state index contributed by atoms with van der Waals surface area (Å²) in [6.45, 7) is 2.17. The van der Waals surface area contributed by atoms with Crippen molar-refractivity contribution in [1.82, 2.24) is 10.3 Å². The monoisotopic (exact) mass is 482 g/mol. The summed E-state index contributed by atoms with van der Waals surface area (Å²) < 4.78 is 28.7. The van der Waals surface area contributed by atoms with Gasteiger partial charge in [0.05, 0.1) is 11.9 Å². The van der Waals surface area contributed by atoms with Gasteiger partial charge in [-0.15, -0.1) is 0 Å². The van der Waals surface area contributed by atoms with Crippen LogP contribution in [0.4, 0.5) is 0 Å². The first-order chi connectivity index (χ1) is 16.1. The van der Waals surface area contributed by atoms with Crippen molar-refractivity contribution in [2.24, 2.45) is 0 Å². The van der Waals surface area contributed by atoms with Crippen molar-refractivity contribution in [3.05, 3.63) is 83.7 Å². The van der Waals surface area contributed by atoms with E-state index in [2.05, 4.69) is 10.3 Å². The van der Waals surface area contributed by atoms with Gasteiger partial charge in [0, 0.05) is 18.0 Å². The smallest absolute Gasteiger partial charge is 0.326 e. The van der Waals surface area contributed by atoms with E-state index >= 15 is 0 Å². The zero-order valence-corrected chi connectivity index (χ0v) is 19.7. The average Bonchev–Trinajstić information content (AvgIpc) is 2.80. The number of aryl methyl sites for hydroxylation is 1. The van der Waals surface area contributed by atoms with Crippen LogP contribution in [0.1, 0.15) is 27.9 Å². The second-order valence-electron chi connectivity index (χ2n) is 7.96. The van der Waals surface area contributed by atoms with Crippen molar-refractivity contribution in [3.8, 4) is 16.9 Å². The summed E-state index contributed by atoms with van der Waals surface area (Å²) in [5.74, 6) is -1.63. The molecular formula is C25H26N2O6S. The van der Waals surface area contributed by atoms with Crippen molar-refractivity contribution in [1.29, 1.82) is 0 Å². The van der Waals surface area contributed by atoms with E-state index in [1.807, 2.05) is 37.3 Å². The predicted octanol–water partition coefficient (Wildman–Crippen LogP) is 3.25. The number of nitrogens with zero attached hydrogens (tertiary/aromatic N) is 1. The molecule has 0 aliphatic heterocycles. The minimum Gasteiger partial charge on any atom is -0.487 e. The maximum atomic E-state index is 13.1. The molecule has 0 fully saturated rings. The molecule has 1 amide bonds. The molecule has 3 rings (SSSR count). The van der Waals surface area contributed by atoms with Gasteiger partial charge in [-0.05, 0) is 59.9 Å². The number of amides is 1. The molecule has 3 aromatic rings. The lowest BCUT2D eigenvalue weighted by atomic mass is 9.93. The maximum absolute atomic E-state index is 13.1. The standard InChI is InChI=1S/C25H26N2O6S/c1-17-6-3-4-8-20(17)22-14-18(16-33-19-7-5-12-26-15-19)9-10-21(22)24(28)27-23(25(29)30)11-13-34(2,31)32/h3-10,12,14-15,23H,11,13,16H2,1-2H3,(H,27,28)(H,29,30)/t23-/m0/s1. The molecule has 0 saturated carbocycles. The summed E-state index contributed by atoms with van der Waals surface area (Å²) in [6, 6.07) is 15.0. The van der Waals surface area contributed by atoms with E-state index in [9.17, 15) is 23.1 Å². The molecule has 1 atom stereocenters. The van der Waals surface area contributed by atoms with E-state index < -0.39 is 27.8 Å². The Bertz CT molecular complexity index is 1280. The van der Waals surface area contributed by atoms with Crippen molar-refractivity contribution < 1.29 is 27.9 Å². The van der Waals surface area contributed by atoms with Crippen LogP contribution in [0.15, 0.2) is 67.0 Å². The van der Waals surface area contributed by atoms with Crippen molar-refractivity contribution in [3.63, 3.8) is 0 Å². The van der Waals surface area contributed by atoms with Gasteiger partial charge in [-0.2, -0.15) is 0 Å². The van der Waals surface area contributed by atoms with Gasteiger partial charge in [-0.1, -0.05) is 30.3 Å². The largest absolute Gasteiger partial charge is 0.487 e. The predicted molar refractivity (Wildman–Crippen MR) is 128 cm³/mol. The highest BCUT2D eigenvalue weighted by Gasteiger charge is 2.24. The molecule has 9 heteroatoms. The van der Waals surface area contributed by atoms with Crippen molar-refractivity contribution >= 4 is 21.7 Å². The molecule has 34 heavy (non-hydrogen) atoms. The summed E-state index contributed by atoms with van der Waals surface area (Å²) in [4.78, 5) is 28.8. The lowest BCUT2D eigenvalue weighted by molar-refractivity contribution is -0.139. The average molecular weight is 483 g/mol. The molecule has 0 unspecified atom stereocenters. The summed E-state index contributed by atoms with van der Waals surface area (Å²) in [7, 11) is -3.38. The van der Waals surface area contributed by atoms with E-state index in [0.717, 1.165) is 22.9 Å². The highest BCUT2D eigenvalue weighted by Crippen LogP contribution is 2.29. The van der Waals surface area contributed by atoms with Gasteiger partial charge in [-0.25, -0.2) is 13.2 Å². The molecule has 1 heterocycles. The molecule has 2 N–H and O–H groups in total. The number of benzene rings is 2. The van der Waals surface area contributed by atoms with E-state index in [0.29, 0.717) is 11.3 Å². The Kier molecular flexibility index (Phi) is 8.01. The van der Waals surface area contributed by atoms with Crippen LogP contribution < -0.4 is 10.1 Å². The quantitative estimate of drug-likeness (QED) is 0.455. The number of rotatable bonds is 10. The zero-order chi connectivity index (χ0) is 24.7. The van der Waals surface area contributed by atoms with Crippen LogP contribution in [-0.4, -0.2) is 48.4 Å². The van der Waals surface area contributed by atoms with Crippen molar-refractivity contribution in [2.75, 3.05) is 12.0 Å². The number of aliphatic carboxylic acids is 1. The fraction of sp³-hybridized carbons (Fsp3) is 0.240. The number of carbonyl (C=O) groups is 2. The third-order valence-electron chi connectivity index (χ3n) is 5.18. The van der Waals surface area contributed by atoms with Crippen LogP contribution in [-0.2, 0) is 21.2 Å². The number of aromatic nitrogens is 1. The SMILES string of the molecule is Cc1ccccc1-c1cc(COc2cccnc2)ccc1C(=O)N[C@@H](CCS(C)(=O)=O)C(=O)O. The van der Waals surface area contributed by atoms with Gasteiger partial charge in [-0.3, -0.25) is 9.78 Å². The maximum Gasteiger partial charge on any atom is 0.326 e. The summed E-state index contributed by atoms with van der Waals surface area (Å²) >= 11 is 0. The number of nitrogens with one attached hydrogen (secondary N) is 1. The Hall–Kier alpha value is -3.72. The number of ether oxygens (including phenoxy) is 1.